The topological polar surface area (TPSA) is 58.4 Å². The molecule has 1 amide bonds. The SMILES string of the molecule is Cc1cc(CN(C)C(=O)CC2CCCN2)no1.Cl. The maximum Gasteiger partial charge on any atom is 0.224 e. The van der Waals surface area contributed by atoms with Crippen LogP contribution in [0.2, 0.25) is 0 Å². The van der Waals surface area contributed by atoms with Crippen molar-refractivity contribution in [2.24, 2.45) is 0 Å². The smallest absolute Gasteiger partial charge is 0.224 e. The summed E-state index contributed by atoms with van der Waals surface area (Å²) < 4.78 is 4.98. The van der Waals surface area contributed by atoms with Gasteiger partial charge >= 0.3 is 0 Å². The summed E-state index contributed by atoms with van der Waals surface area (Å²) in [7, 11) is 1.81. The number of amides is 1. The van der Waals surface area contributed by atoms with Gasteiger partial charge < -0.3 is 14.7 Å². The van der Waals surface area contributed by atoms with Crippen LogP contribution in [0, 0.1) is 6.92 Å². The largest absolute Gasteiger partial charge is 0.361 e. The molecule has 2 heterocycles. The van der Waals surface area contributed by atoms with Gasteiger partial charge in [-0.2, -0.15) is 0 Å². The average molecular weight is 274 g/mol. The summed E-state index contributed by atoms with van der Waals surface area (Å²) in [5.74, 6) is 0.934. The Morgan fingerprint density at radius 3 is 3.00 bits per heavy atom. The number of hydrogen-bond acceptors (Lipinski definition) is 4. The van der Waals surface area contributed by atoms with E-state index in [0.717, 1.165) is 24.4 Å². The Bertz CT molecular complexity index is 388. The molecule has 1 aromatic rings. The Morgan fingerprint density at radius 1 is 1.67 bits per heavy atom. The van der Waals surface area contributed by atoms with Crippen LogP contribution in [0.4, 0.5) is 0 Å². The van der Waals surface area contributed by atoms with Gasteiger partial charge in [0.15, 0.2) is 0 Å². The normalized spacial score (nSPS) is 18.4. The lowest BCUT2D eigenvalue weighted by atomic mass is 10.1. The van der Waals surface area contributed by atoms with Crippen LogP contribution < -0.4 is 5.32 Å². The molecule has 0 aliphatic carbocycles. The maximum absolute atomic E-state index is 11.9. The number of rotatable bonds is 4. The standard InChI is InChI=1S/C12H19N3O2.ClH/c1-9-6-11(14-17-9)8-15(2)12(16)7-10-4-3-5-13-10;/h6,10,13H,3-5,7-8H2,1-2H3;1H. The van der Waals surface area contributed by atoms with E-state index in [0.29, 0.717) is 19.0 Å². The summed E-state index contributed by atoms with van der Waals surface area (Å²) in [6.45, 7) is 3.40. The van der Waals surface area contributed by atoms with Gasteiger partial charge in [0.1, 0.15) is 11.5 Å². The van der Waals surface area contributed by atoms with Crippen LogP contribution in [0.1, 0.15) is 30.7 Å². The van der Waals surface area contributed by atoms with Gasteiger partial charge in [-0.05, 0) is 26.3 Å². The van der Waals surface area contributed by atoms with Gasteiger partial charge in [0, 0.05) is 25.6 Å². The van der Waals surface area contributed by atoms with Gasteiger partial charge in [0.2, 0.25) is 5.91 Å². The quantitative estimate of drug-likeness (QED) is 0.903. The van der Waals surface area contributed by atoms with Crippen LogP contribution in [0.25, 0.3) is 0 Å². The molecule has 2 rings (SSSR count). The number of aryl methyl sites for hydroxylation is 1. The van der Waals surface area contributed by atoms with Crippen molar-refractivity contribution in [3.8, 4) is 0 Å². The number of nitrogens with zero attached hydrogens (tertiary/aromatic N) is 2. The van der Waals surface area contributed by atoms with Crippen molar-refractivity contribution in [3.05, 3.63) is 17.5 Å². The van der Waals surface area contributed by atoms with Gasteiger partial charge in [-0.1, -0.05) is 5.16 Å². The van der Waals surface area contributed by atoms with Crippen molar-refractivity contribution >= 4 is 18.3 Å². The third kappa shape index (κ3) is 3.99. The second kappa shape index (κ2) is 6.75. The van der Waals surface area contributed by atoms with Crippen molar-refractivity contribution in [2.75, 3.05) is 13.6 Å². The first kappa shape index (κ1) is 15.0. The molecule has 1 fully saturated rings. The lowest BCUT2D eigenvalue weighted by Crippen LogP contribution is -2.33. The van der Waals surface area contributed by atoms with Crippen LogP contribution in [0.5, 0.6) is 0 Å². The minimum atomic E-state index is 0. The number of hydrogen-bond donors (Lipinski definition) is 1. The molecule has 6 heteroatoms. The number of carbonyl (C=O) groups is 1. The third-order valence-electron chi connectivity index (χ3n) is 3.09. The van der Waals surface area contributed by atoms with Gasteiger partial charge in [0.25, 0.3) is 0 Å². The third-order valence-corrected chi connectivity index (χ3v) is 3.09. The molecular weight excluding hydrogens is 254 g/mol. The fourth-order valence-electron chi connectivity index (χ4n) is 2.12. The number of aromatic nitrogens is 1. The van der Waals surface area contributed by atoms with E-state index in [2.05, 4.69) is 10.5 Å². The molecule has 1 aromatic heterocycles. The van der Waals surface area contributed by atoms with E-state index in [1.165, 1.54) is 6.42 Å². The van der Waals surface area contributed by atoms with Gasteiger partial charge in [-0.15, -0.1) is 12.4 Å². The first-order chi connectivity index (χ1) is 8.15. The summed E-state index contributed by atoms with van der Waals surface area (Å²) in [5.41, 5.74) is 0.803. The molecule has 1 unspecified atom stereocenters. The van der Waals surface area contributed by atoms with Crippen LogP contribution in [-0.2, 0) is 11.3 Å². The minimum Gasteiger partial charge on any atom is -0.361 e. The molecule has 1 N–H and O–H groups in total. The highest BCUT2D eigenvalue weighted by atomic mass is 35.5. The second-order valence-electron chi connectivity index (χ2n) is 4.68. The molecule has 0 bridgehead atoms. The summed E-state index contributed by atoms with van der Waals surface area (Å²) in [6.07, 6.45) is 2.85. The van der Waals surface area contributed by atoms with E-state index < -0.39 is 0 Å². The molecule has 18 heavy (non-hydrogen) atoms. The number of nitrogens with one attached hydrogen (secondary N) is 1. The molecular formula is C12H20ClN3O2. The summed E-state index contributed by atoms with van der Waals surface area (Å²) >= 11 is 0. The van der Waals surface area contributed by atoms with Crippen molar-refractivity contribution in [1.29, 1.82) is 0 Å². The molecule has 0 saturated carbocycles. The van der Waals surface area contributed by atoms with Crippen molar-refractivity contribution < 1.29 is 9.32 Å². The van der Waals surface area contributed by atoms with E-state index in [-0.39, 0.29) is 18.3 Å². The van der Waals surface area contributed by atoms with E-state index in [4.69, 9.17) is 4.52 Å². The van der Waals surface area contributed by atoms with E-state index in [1.54, 1.807) is 11.9 Å². The van der Waals surface area contributed by atoms with Crippen molar-refractivity contribution in [2.45, 2.75) is 38.8 Å². The summed E-state index contributed by atoms with van der Waals surface area (Å²) in [5, 5.41) is 7.21. The number of halogens is 1. The molecule has 0 aromatic carbocycles. The van der Waals surface area contributed by atoms with Crippen molar-refractivity contribution in [3.63, 3.8) is 0 Å². The fourth-order valence-corrected chi connectivity index (χ4v) is 2.12. The van der Waals surface area contributed by atoms with E-state index in [1.807, 2.05) is 13.0 Å². The van der Waals surface area contributed by atoms with Gasteiger partial charge in [-0.3, -0.25) is 4.79 Å². The zero-order valence-electron chi connectivity index (χ0n) is 10.8. The Morgan fingerprint density at radius 2 is 2.44 bits per heavy atom. The molecule has 5 nitrogen and oxygen atoms in total. The monoisotopic (exact) mass is 273 g/mol. The Balaban J connectivity index is 0.00000162. The summed E-state index contributed by atoms with van der Waals surface area (Å²) in [4.78, 5) is 13.6. The zero-order valence-corrected chi connectivity index (χ0v) is 11.6. The molecule has 1 aliphatic rings. The minimum absolute atomic E-state index is 0. The Labute approximate surface area is 113 Å². The lowest BCUT2D eigenvalue weighted by Gasteiger charge is -2.18. The highest BCUT2D eigenvalue weighted by molar-refractivity contribution is 5.85. The van der Waals surface area contributed by atoms with E-state index in [9.17, 15) is 4.79 Å². The second-order valence-corrected chi connectivity index (χ2v) is 4.68. The van der Waals surface area contributed by atoms with Crippen molar-refractivity contribution in [1.82, 2.24) is 15.4 Å². The van der Waals surface area contributed by atoms with Crippen LogP contribution >= 0.6 is 12.4 Å². The van der Waals surface area contributed by atoms with Gasteiger partial charge in [0.05, 0.1) is 6.54 Å². The predicted molar refractivity (Wildman–Crippen MR) is 70.6 cm³/mol. The molecule has 1 atom stereocenters. The highest BCUT2D eigenvalue weighted by Crippen LogP contribution is 2.11. The molecule has 0 radical (unpaired) electrons. The fraction of sp³-hybridized carbons (Fsp3) is 0.667. The Hall–Kier alpha value is -1.07. The van der Waals surface area contributed by atoms with Gasteiger partial charge in [-0.25, -0.2) is 0 Å². The van der Waals surface area contributed by atoms with Crippen LogP contribution in [-0.4, -0.2) is 35.6 Å². The van der Waals surface area contributed by atoms with Crippen LogP contribution in [0.15, 0.2) is 10.6 Å². The number of carbonyl (C=O) groups excluding carboxylic acids is 1. The van der Waals surface area contributed by atoms with Crippen LogP contribution in [0.3, 0.4) is 0 Å². The lowest BCUT2D eigenvalue weighted by molar-refractivity contribution is -0.130. The predicted octanol–water partition coefficient (Wildman–Crippen LogP) is 1.51. The average Bonchev–Trinajstić information content (AvgIpc) is 2.90. The molecule has 1 aliphatic heterocycles. The van der Waals surface area contributed by atoms with E-state index >= 15 is 0 Å². The summed E-state index contributed by atoms with van der Waals surface area (Å²) in [6, 6.07) is 2.21. The Kier molecular flexibility index (Phi) is 5.62. The molecule has 0 spiro atoms. The molecule has 1 saturated heterocycles. The molecule has 102 valence electrons. The first-order valence-corrected chi connectivity index (χ1v) is 6.04. The maximum atomic E-state index is 11.9. The zero-order chi connectivity index (χ0) is 12.3. The highest BCUT2D eigenvalue weighted by Gasteiger charge is 2.20. The first-order valence-electron chi connectivity index (χ1n) is 6.04.